The van der Waals surface area contributed by atoms with Gasteiger partial charge in [0.25, 0.3) is 5.56 Å². The Kier molecular flexibility index (Phi) is 4.06. The summed E-state index contributed by atoms with van der Waals surface area (Å²) in [6.07, 6.45) is 0. The van der Waals surface area contributed by atoms with Crippen LogP contribution in [0.25, 0.3) is 10.9 Å². The molecule has 0 saturated carbocycles. The van der Waals surface area contributed by atoms with Crippen molar-refractivity contribution in [2.75, 3.05) is 12.3 Å². The molecule has 7 heteroatoms. The molecule has 0 aliphatic rings. The van der Waals surface area contributed by atoms with E-state index in [1.165, 1.54) is 0 Å². The van der Waals surface area contributed by atoms with E-state index in [0.29, 0.717) is 23.2 Å². The number of benzene rings is 1. The van der Waals surface area contributed by atoms with Crippen molar-refractivity contribution >= 4 is 29.4 Å². The molecule has 2 N–H and O–H groups in total. The highest BCUT2D eigenvalue weighted by Crippen LogP contribution is 2.02. The van der Waals surface area contributed by atoms with E-state index >= 15 is 0 Å². The number of hydrogen-bond acceptors (Lipinski definition) is 4. The first-order valence-electron chi connectivity index (χ1n) is 5.73. The van der Waals surface area contributed by atoms with Crippen molar-refractivity contribution in [2.45, 2.75) is 6.54 Å². The van der Waals surface area contributed by atoms with Crippen molar-refractivity contribution in [2.24, 2.45) is 0 Å². The Bertz CT molecular complexity index is 720. The Labute approximate surface area is 113 Å². The van der Waals surface area contributed by atoms with Gasteiger partial charge in [0, 0.05) is 12.3 Å². The van der Waals surface area contributed by atoms with E-state index in [0.717, 1.165) is 4.57 Å². The number of para-hydroxylation sites is 1. The maximum atomic E-state index is 12.1. The normalized spacial score (nSPS) is 10.6. The quantitative estimate of drug-likeness (QED) is 0.674. The maximum absolute atomic E-state index is 12.1. The first-order chi connectivity index (χ1) is 9.13. The van der Waals surface area contributed by atoms with Crippen LogP contribution in [0.4, 0.5) is 0 Å². The van der Waals surface area contributed by atoms with Gasteiger partial charge in [0.15, 0.2) is 0 Å². The second-order valence-corrected chi connectivity index (χ2v) is 4.39. The zero-order valence-electron chi connectivity index (χ0n) is 10.0. The minimum atomic E-state index is -0.593. The molecule has 19 heavy (non-hydrogen) atoms. The van der Waals surface area contributed by atoms with Gasteiger partial charge in [-0.1, -0.05) is 12.1 Å². The summed E-state index contributed by atoms with van der Waals surface area (Å²) in [5.74, 6) is 0.103. The fourth-order valence-electron chi connectivity index (χ4n) is 1.74. The van der Waals surface area contributed by atoms with Crippen molar-refractivity contribution in [1.82, 2.24) is 14.9 Å². The number of nitrogens with zero attached hydrogens (tertiary/aromatic N) is 1. The summed E-state index contributed by atoms with van der Waals surface area (Å²) in [6, 6.07) is 6.67. The van der Waals surface area contributed by atoms with Gasteiger partial charge in [-0.2, -0.15) is 12.6 Å². The van der Waals surface area contributed by atoms with Crippen LogP contribution in [0, 0.1) is 0 Å². The zero-order chi connectivity index (χ0) is 13.8. The minimum absolute atomic E-state index is 0.299. The highest BCUT2D eigenvalue weighted by Gasteiger charge is 2.10. The smallest absolute Gasteiger partial charge is 0.329 e. The van der Waals surface area contributed by atoms with Gasteiger partial charge in [0.05, 0.1) is 10.9 Å². The van der Waals surface area contributed by atoms with Crippen LogP contribution in [-0.2, 0) is 11.3 Å². The third kappa shape index (κ3) is 2.87. The number of carbonyl (C=O) groups is 1. The first-order valence-corrected chi connectivity index (χ1v) is 6.36. The average molecular weight is 279 g/mol. The molecule has 0 aliphatic heterocycles. The number of nitrogens with one attached hydrogen (secondary N) is 2. The predicted molar refractivity (Wildman–Crippen MR) is 75.7 cm³/mol. The number of rotatable bonds is 4. The number of thiol groups is 1. The van der Waals surface area contributed by atoms with Crippen LogP contribution < -0.4 is 16.6 Å². The maximum Gasteiger partial charge on any atom is 0.329 e. The molecule has 2 aromatic rings. The predicted octanol–water partition coefficient (Wildman–Crippen LogP) is -0.264. The van der Waals surface area contributed by atoms with Crippen LogP contribution in [0.1, 0.15) is 0 Å². The van der Waals surface area contributed by atoms with Gasteiger partial charge in [-0.3, -0.25) is 14.2 Å². The molecule has 0 spiro atoms. The van der Waals surface area contributed by atoms with Gasteiger partial charge in [-0.05, 0) is 12.1 Å². The van der Waals surface area contributed by atoms with E-state index in [1.54, 1.807) is 24.3 Å². The molecule has 1 amide bonds. The first kappa shape index (κ1) is 13.4. The van der Waals surface area contributed by atoms with Crippen LogP contribution >= 0.6 is 12.6 Å². The van der Waals surface area contributed by atoms with E-state index in [1.807, 2.05) is 0 Å². The summed E-state index contributed by atoms with van der Waals surface area (Å²) in [7, 11) is 0. The third-order valence-electron chi connectivity index (χ3n) is 2.63. The molecule has 0 radical (unpaired) electrons. The SMILES string of the molecule is O=C(Cn1c(=O)[nH]c2ccccc2c1=O)NCCS. The van der Waals surface area contributed by atoms with Crippen molar-refractivity contribution in [3.05, 3.63) is 45.1 Å². The lowest BCUT2D eigenvalue weighted by Crippen LogP contribution is -2.40. The van der Waals surface area contributed by atoms with Crippen molar-refractivity contribution in [3.63, 3.8) is 0 Å². The molecule has 0 atom stereocenters. The topological polar surface area (TPSA) is 84.0 Å². The summed E-state index contributed by atoms with van der Waals surface area (Å²) in [4.78, 5) is 38.0. The fourth-order valence-corrected chi connectivity index (χ4v) is 1.85. The molecule has 1 heterocycles. The number of aromatic amines is 1. The van der Waals surface area contributed by atoms with E-state index in [9.17, 15) is 14.4 Å². The standard InChI is InChI=1S/C12H13N3O3S/c16-10(13-5-6-19)7-15-11(17)8-3-1-2-4-9(8)14-12(15)18/h1-4,19H,5-7H2,(H,13,16)(H,14,18). The summed E-state index contributed by atoms with van der Waals surface area (Å²) in [5.41, 5.74) is -0.602. The molecule has 100 valence electrons. The third-order valence-corrected chi connectivity index (χ3v) is 2.85. The van der Waals surface area contributed by atoms with Crippen LogP contribution in [0.15, 0.2) is 33.9 Å². The lowest BCUT2D eigenvalue weighted by atomic mass is 10.2. The van der Waals surface area contributed by atoms with Crippen molar-refractivity contribution < 1.29 is 4.79 Å². The number of carbonyl (C=O) groups excluding carboxylic acids is 1. The Hall–Kier alpha value is -2.02. The molecule has 0 fully saturated rings. The van der Waals surface area contributed by atoms with E-state index < -0.39 is 17.2 Å². The van der Waals surface area contributed by atoms with Gasteiger partial charge in [0.2, 0.25) is 5.91 Å². The molecule has 2 rings (SSSR count). The highest BCUT2D eigenvalue weighted by molar-refractivity contribution is 7.80. The molecule has 6 nitrogen and oxygen atoms in total. The van der Waals surface area contributed by atoms with Crippen molar-refractivity contribution in [1.29, 1.82) is 0 Å². The van der Waals surface area contributed by atoms with Gasteiger partial charge >= 0.3 is 5.69 Å². The number of amides is 1. The summed E-state index contributed by atoms with van der Waals surface area (Å²) < 4.78 is 0.885. The highest BCUT2D eigenvalue weighted by atomic mass is 32.1. The Balaban J connectivity index is 2.41. The van der Waals surface area contributed by atoms with Crippen LogP contribution in [0.5, 0.6) is 0 Å². The van der Waals surface area contributed by atoms with Crippen LogP contribution in [0.3, 0.4) is 0 Å². The van der Waals surface area contributed by atoms with Crippen LogP contribution in [0.2, 0.25) is 0 Å². The van der Waals surface area contributed by atoms with Gasteiger partial charge in [-0.15, -0.1) is 0 Å². The summed E-state index contributed by atoms with van der Waals surface area (Å²) in [5, 5.41) is 2.93. The van der Waals surface area contributed by atoms with E-state index in [-0.39, 0.29) is 6.54 Å². The molecule has 0 bridgehead atoms. The molecular formula is C12H13N3O3S. The lowest BCUT2D eigenvalue weighted by molar-refractivity contribution is -0.121. The largest absolute Gasteiger partial charge is 0.354 e. The lowest BCUT2D eigenvalue weighted by Gasteiger charge is -2.06. The average Bonchev–Trinajstić information content (AvgIpc) is 2.41. The van der Waals surface area contributed by atoms with Crippen molar-refractivity contribution in [3.8, 4) is 0 Å². The monoisotopic (exact) mass is 279 g/mol. The van der Waals surface area contributed by atoms with E-state index in [4.69, 9.17) is 0 Å². The number of H-pyrrole nitrogens is 1. The van der Waals surface area contributed by atoms with Gasteiger partial charge in [0.1, 0.15) is 6.54 Å². The molecular weight excluding hydrogens is 266 g/mol. The number of hydrogen-bond donors (Lipinski definition) is 3. The Morgan fingerprint density at radius 3 is 2.79 bits per heavy atom. The fraction of sp³-hybridized carbons (Fsp3) is 0.250. The zero-order valence-corrected chi connectivity index (χ0v) is 10.9. The Morgan fingerprint density at radius 1 is 1.32 bits per heavy atom. The number of aromatic nitrogens is 2. The molecule has 1 aromatic heterocycles. The van der Waals surface area contributed by atoms with Gasteiger partial charge in [-0.25, -0.2) is 4.79 Å². The second-order valence-electron chi connectivity index (χ2n) is 3.94. The number of fused-ring (bicyclic) bond motifs is 1. The molecule has 0 unspecified atom stereocenters. The summed E-state index contributed by atoms with van der Waals surface area (Å²) >= 11 is 3.96. The molecule has 0 aliphatic carbocycles. The van der Waals surface area contributed by atoms with Gasteiger partial charge < -0.3 is 10.3 Å². The summed E-state index contributed by atoms with van der Waals surface area (Å²) in [6.45, 7) is 0.0922. The minimum Gasteiger partial charge on any atom is -0.354 e. The second kappa shape index (κ2) is 5.75. The Morgan fingerprint density at radius 2 is 2.05 bits per heavy atom. The van der Waals surface area contributed by atoms with E-state index in [2.05, 4.69) is 22.9 Å². The molecule has 1 aromatic carbocycles. The van der Waals surface area contributed by atoms with Crippen LogP contribution in [-0.4, -0.2) is 27.8 Å². The molecule has 0 saturated heterocycles.